The SMILES string of the molecule is C=CC(=O)OCCCCCCNc1nc2ccccc2s1.C=CC=O.CCCC1CCC(c2ccc(OC)c(C=N)c2)CC1.COCCCOc1ccc(OC)cc1.O=CC1CCC(C=O)CC1. The van der Waals surface area contributed by atoms with E-state index >= 15 is 0 Å². The first-order valence-corrected chi connectivity index (χ1v) is 24.8. The predicted molar refractivity (Wildman–Crippen MR) is 277 cm³/mol. The molecule has 1 aromatic heterocycles. The number of thiazole rings is 1. The molecule has 2 fully saturated rings. The maximum absolute atomic E-state index is 10.8. The molecule has 0 aliphatic heterocycles. The number of esters is 1. The van der Waals surface area contributed by atoms with E-state index in [1.807, 2.05) is 48.5 Å². The number of fused-ring (bicyclic) bond motifs is 1. The van der Waals surface area contributed by atoms with Gasteiger partial charge < -0.3 is 44.0 Å². The Labute approximate surface area is 409 Å². The molecule has 0 amide bonds. The lowest BCUT2D eigenvalue weighted by atomic mass is 9.77. The van der Waals surface area contributed by atoms with E-state index in [9.17, 15) is 14.4 Å². The molecule has 6 rings (SSSR count). The summed E-state index contributed by atoms with van der Waals surface area (Å²) in [5.74, 6) is 4.26. The number of carbonyl (C=O) groups excluding carboxylic acids is 4. The average molecular weight is 956 g/mol. The maximum Gasteiger partial charge on any atom is 0.330 e. The normalized spacial score (nSPS) is 16.9. The van der Waals surface area contributed by atoms with Crippen molar-refractivity contribution in [1.82, 2.24) is 4.98 Å². The zero-order valence-corrected chi connectivity index (χ0v) is 41.8. The van der Waals surface area contributed by atoms with Gasteiger partial charge >= 0.3 is 5.97 Å². The highest BCUT2D eigenvalue weighted by Gasteiger charge is 2.22. The molecule has 0 radical (unpaired) electrons. The summed E-state index contributed by atoms with van der Waals surface area (Å²) in [4.78, 5) is 44.9. The maximum atomic E-state index is 10.8. The molecule has 0 unspecified atom stereocenters. The Kier molecular flexibility index (Phi) is 32.1. The van der Waals surface area contributed by atoms with Crippen molar-refractivity contribution in [2.24, 2.45) is 17.8 Å². The minimum absolute atomic E-state index is 0.233. The fourth-order valence-corrected chi connectivity index (χ4v) is 8.64. The van der Waals surface area contributed by atoms with Crippen molar-refractivity contribution >= 4 is 57.7 Å². The third-order valence-electron chi connectivity index (χ3n) is 11.6. The second-order valence-electron chi connectivity index (χ2n) is 16.5. The Balaban J connectivity index is 0.000000312. The number of para-hydroxylation sites is 1. The summed E-state index contributed by atoms with van der Waals surface area (Å²) in [5.41, 5.74) is 3.33. The van der Waals surface area contributed by atoms with Gasteiger partial charge in [-0.15, -0.1) is 0 Å². The Bertz CT molecular complexity index is 1950. The molecule has 0 atom stereocenters. The van der Waals surface area contributed by atoms with Gasteiger partial charge in [0.15, 0.2) is 5.13 Å². The number of nitrogens with zero attached hydrogens (tertiary/aromatic N) is 1. The van der Waals surface area contributed by atoms with Crippen molar-refractivity contribution in [2.75, 3.05) is 53.0 Å². The van der Waals surface area contributed by atoms with Crippen LogP contribution < -0.4 is 19.5 Å². The highest BCUT2D eigenvalue weighted by Crippen LogP contribution is 2.38. The summed E-state index contributed by atoms with van der Waals surface area (Å²) in [6.45, 7) is 11.6. The number of nitrogens with one attached hydrogen (secondary N) is 2. The topological polar surface area (TPSA) is 163 Å². The summed E-state index contributed by atoms with van der Waals surface area (Å²) in [7, 11) is 5.00. The highest BCUT2D eigenvalue weighted by atomic mass is 32.1. The number of hydrogen-bond acceptors (Lipinski definition) is 13. The molecular formula is C55H77N3O9S. The number of aldehydes is 3. The summed E-state index contributed by atoms with van der Waals surface area (Å²) in [5, 5.41) is 11.8. The van der Waals surface area contributed by atoms with Crippen LogP contribution in [0.2, 0.25) is 0 Å². The highest BCUT2D eigenvalue weighted by molar-refractivity contribution is 7.22. The molecule has 3 aromatic carbocycles. The Morgan fingerprint density at radius 2 is 1.43 bits per heavy atom. The second kappa shape index (κ2) is 37.3. The summed E-state index contributed by atoms with van der Waals surface area (Å²) in [6, 6.07) is 22.0. The molecule has 2 aliphatic carbocycles. The molecule has 13 heteroatoms. The second-order valence-corrected chi connectivity index (χ2v) is 17.6. The van der Waals surface area contributed by atoms with Gasteiger partial charge in [0.05, 0.1) is 37.6 Å². The molecule has 12 nitrogen and oxygen atoms in total. The lowest BCUT2D eigenvalue weighted by Crippen LogP contribution is -2.15. The first-order valence-electron chi connectivity index (χ1n) is 24.0. The Morgan fingerprint density at radius 1 is 0.779 bits per heavy atom. The van der Waals surface area contributed by atoms with Crippen molar-refractivity contribution < 1.29 is 42.9 Å². The Hall–Kier alpha value is -5.66. The van der Waals surface area contributed by atoms with Gasteiger partial charge in [-0.3, -0.25) is 4.79 Å². The number of hydrogen-bond donors (Lipinski definition) is 2. The summed E-state index contributed by atoms with van der Waals surface area (Å²) in [6.07, 6.45) is 23.2. The van der Waals surface area contributed by atoms with Gasteiger partial charge in [-0.2, -0.15) is 0 Å². The number of anilines is 1. The third-order valence-corrected chi connectivity index (χ3v) is 12.6. The summed E-state index contributed by atoms with van der Waals surface area (Å²) < 4.78 is 26.8. The molecule has 0 saturated heterocycles. The Morgan fingerprint density at radius 3 is 1.99 bits per heavy atom. The first kappa shape index (κ1) is 58.5. The molecule has 0 spiro atoms. The molecule has 372 valence electrons. The monoisotopic (exact) mass is 956 g/mol. The van der Waals surface area contributed by atoms with Crippen LogP contribution in [0.3, 0.4) is 0 Å². The smallest absolute Gasteiger partial charge is 0.330 e. The van der Waals surface area contributed by atoms with Crippen LogP contribution in [-0.2, 0) is 28.7 Å². The zero-order valence-electron chi connectivity index (χ0n) is 41.0. The molecule has 0 bridgehead atoms. The molecular weight excluding hydrogens is 879 g/mol. The molecule has 4 aromatic rings. The van der Waals surface area contributed by atoms with E-state index in [0.29, 0.717) is 25.4 Å². The number of benzene rings is 3. The quantitative estimate of drug-likeness (QED) is 0.0239. The van der Waals surface area contributed by atoms with Crippen LogP contribution in [0.5, 0.6) is 17.2 Å². The van der Waals surface area contributed by atoms with Gasteiger partial charge in [0.25, 0.3) is 0 Å². The van der Waals surface area contributed by atoms with Crippen molar-refractivity contribution in [3.8, 4) is 17.2 Å². The average Bonchev–Trinajstić information content (AvgIpc) is 3.82. The molecule has 2 aliphatic rings. The van der Waals surface area contributed by atoms with Gasteiger partial charge in [0, 0.05) is 56.4 Å². The van der Waals surface area contributed by atoms with E-state index in [1.165, 1.54) is 67.2 Å². The first-order chi connectivity index (χ1) is 33.2. The van der Waals surface area contributed by atoms with Crippen molar-refractivity contribution in [3.05, 3.63) is 103 Å². The number of rotatable bonds is 23. The van der Waals surface area contributed by atoms with Crippen LogP contribution in [0, 0.1) is 23.2 Å². The zero-order chi connectivity index (χ0) is 49.6. The van der Waals surface area contributed by atoms with E-state index in [4.69, 9.17) is 33.9 Å². The summed E-state index contributed by atoms with van der Waals surface area (Å²) >= 11 is 1.69. The molecule has 2 saturated carbocycles. The van der Waals surface area contributed by atoms with E-state index in [2.05, 4.69) is 48.6 Å². The number of allylic oxidation sites excluding steroid dienone is 1. The van der Waals surface area contributed by atoms with Gasteiger partial charge in [-0.25, -0.2) is 9.78 Å². The van der Waals surface area contributed by atoms with Crippen LogP contribution in [0.4, 0.5) is 5.13 Å². The minimum atomic E-state index is -0.340. The fourth-order valence-electron chi connectivity index (χ4n) is 7.75. The minimum Gasteiger partial charge on any atom is -0.497 e. The number of ether oxygens (including phenoxy) is 5. The molecule has 2 N–H and O–H groups in total. The van der Waals surface area contributed by atoms with Crippen LogP contribution in [0.25, 0.3) is 10.2 Å². The van der Waals surface area contributed by atoms with Crippen molar-refractivity contribution in [1.29, 1.82) is 5.41 Å². The largest absolute Gasteiger partial charge is 0.497 e. The number of methoxy groups -OCH3 is 3. The lowest BCUT2D eigenvalue weighted by Gasteiger charge is -2.29. The van der Waals surface area contributed by atoms with E-state index in [-0.39, 0.29) is 17.8 Å². The lowest BCUT2D eigenvalue weighted by molar-refractivity contribution is -0.137. The van der Waals surface area contributed by atoms with Gasteiger partial charge in [-0.1, -0.05) is 68.9 Å². The fraction of sp³-hybridized carbons (Fsp3) is 0.491. The van der Waals surface area contributed by atoms with E-state index < -0.39 is 0 Å². The van der Waals surface area contributed by atoms with Crippen LogP contribution in [0.1, 0.15) is 120 Å². The number of unbranched alkanes of at least 4 members (excludes halogenated alkanes) is 3. The number of aromatic nitrogens is 1. The van der Waals surface area contributed by atoms with Crippen LogP contribution in [0.15, 0.2) is 92.0 Å². The van der Waals surface area contributed by atoms with Gasteiger partial charge in [0.2, 0.25) is 0 Å². The van der Waals surface area contributed by atoms with Gasteiger partial charge in [0.1, 0.15) is 36.1 Å². The van der Waals surface area contributed by atoms with Crippen molar-refractivity contribution in [3.63, 3.8) is 0 Å². The van der Waals surface area contributed by atoms with Crippen molar-refractivity contribution in [2.45, 2.75) is 109 Å². The van der Waals surface area contributed by atoms with E-state index in [0.717, 1.165) is 123 Å². The van der Waals surface area contributed by atoms with Crippen LogP contribution >= 0.6 is 11.3 Å². The molecule has 1 heterocycles. The van der Waals surface area contributed by atoms with Crippen LogP contribution in [-0.4, -0.2) is 83.7 Å². The molecule has 68 heavy (non-hydrogen) atoms. The third kappa shape index (κ3) is 24.4. The standard InChI is InChI=1S/C17H25NO.C16H20N2O2S.C11H16O3.C8H12O2.C3H4O/c1-3-4-13-5-7-14(8-6-13)15-9-10-17(19-2)16(11-15)12-18;1-2-15(19)20-12-8-4-3-7-11-17-16-18-13-9-5-6-10-14(13)21-16;1-12-8-3-9-14-11-6-4-10(13-2)5-7-11;9-5-7-1-2-8(6-10)4-3-7;1-2-3-4/h9-14,18H,3-8H2,1-2H3;2,5-6,9-10H,1,3-4,7-8,11-12H2,(H,17,18);4-7H,3,8-9H2,1-2H3;5-8H,1-4H2;2-3H,1H2. The number of carbonyl (C=O) groups is 4. The van der Waals surface area contributed by atoms with Gasteiger partial charge in [-0.05, 0) is 143 Å². The van der Waals surface area contributed by atoms with E-state index in [1.54, 1.807) is 32.7 Å². The predicted octanol–water partition coefficient (Wildman–Crippen LogP) is 12.4.